The van der Waals surface area contributed by atoms with Crippen LogP contribution >= 0.6 is 23.8 Å². The number of nitrogens with two attached hydrogens (primary N) is 1. The van der Waals surface area contributed by atoms with E-state index in [9.17, 15) is 8.42 Å². The molecule has 0 aliphatic carbocycles. The monoisotopic (exact) mass is 292 g/mol. The molecule has 0 heterocycles. The highest BCUT2D eigenvalue weighted by Crippen LogP contribution is 2.22. The summed E-state index contributed by atoms with van der Waals surface area (Å²) in [5, 5.41) is 0.147. The highest BCUT2D eigenvalue weighted by atomic mass is 35.5. The smallest absolute Gasteiger partial charge is 0.242 e. The molecular weight excluding hydrogens is 280 g/mol. The van der Waals surface area contributed by atoms with Crippen LogP contribution < -0.4 is 10.5 Å². The summed E-state index contributed by atoms with van der Waals surface area (Å²) in [6.07, 6.45) is 0.700. The molecule has 7 heteroatoms. The Morgan fingerprint density at radius 2 is 2.18 bits per heavy atom. The fourth-order valence-electron chi connectivity index (χ4n) is 1.18. The van der Waals surface area contributed by atoms with Crippen molar-refractivity contribution in [2.24, 2.45) is 5.73 Å². The number of benzene rings is 1. The Morgan fingerprint density at radius 3 is 2.71 bits per heavy atom. The lowest BCUT2D eigenvalue weighted by atomic mass is 10.2. The summed E-state index contributed by atoms with van der Waals surface area (Å²) in [5.74, 6) is 0. The lowest BCUT2D eigenvalue weighted by Gasteiger charge is -2.09. The van der Waals surface area contributed by atoms with Crippen LogP contribution in [0.3, 0.4) is 0 Å². The maximum Gasteiger partial charge on any atom is 0.242 e. The van der Waals surface area contributed by atoms with E-state index in [-0.39, 0.29) is 14.9 Å². The van der Waals surface area contributed by atoms with Crippen molar-refractivity contribution in [1.29, 1.82) is 0 Å². The highest BCUT2D eigenvalue weighted by Gasteiger charge is 2.18. The van der Waals surface area contributed by atoms with E-state index in [0.717, 1.165) is 0 Å². The number of thiocarbonyl (C=S) groups is 1. The van der Waals surface area contributed by atoms with Crippen molar-refractivity contribution in [3.05, 3.63) is 28.8 Å². The summed E-state index contributed by atoms with van der Waals surface area (Å²) in [6.45, 7) is 2.23. The average Bonchev–Trinajstić information content (AvgIpc) is 2.26. The molecule has 0 amide bonds. The lowest BCUT2D eigenvalue weighted by Crippen LogP contribution is -2.25. The van der Waals surface area contributed by atoms with E-state index >= 15 is 0 Å². The molecule has 0 aliphatic rings. The average molecular weight is 293 g/mol. The molecule has 94 valence electrons. The predicted octanol–water partition coefficient (Wildman–Crippen LogP) is 1.66. The maximum atomic E-state index is 11.9. The molecule has 3 N–H and O–H groups in total. The van der Waals surface area contributed by atoms with E-state index in [1.807, 2.05) is 6.92 Å². The van der Waals surface area contributed by atoms with Crippen LogP contribution in [0, 0.1) is 0 Å². The molecular formula is C10H13ClN2O2S2. The third-order valence-corrected chi connectivity index (χ3v) is 4.23. The molecule has 4 nitrogen and oxygen atoms in total. The van der Waals surface area contributed by atoms with Crippen molar-refractivity contribution in [2.75, 3.05) is 6.54 Å². The van der Waals surface area contributed by atoms with E-state index in [1.54, 1.807) is 6.07 Å². The molecule has 0 spiro atoms. The normalized spacial score (nSPS) is 11.4. The van der Waals surface area contributed by atoms with Gasteiger partial charge in [0, 0.05) is 12.1 Å². The molecule has 0 atom stereocenters. The van der Waals surface area contributed by atoms with Gasteiger partial charge >= 0.3 is 0 Å². The molecule has 0 aromatic heterocycles. The second-order valence-corrected chi connectivity index (χ2v) is 5.99. The van der Waals surface area contributed by atoms with E-state index in [2.05, 4.69) is 4.72 Å². The van der Waals surface area contributed by atoms with Gasteiger partial charge in [0.05, 0.1) is 5.02 Å². The van der Waals surface area contributed by atoms with Gasteiger partial charge in [-0.2, -0.15) is 0 Å². The number of rotatable bonds is 5. The molecule has 1 rings (SSSR count). The van der Waals surface area contributed by atoms with Gasteiger partial charge in [-0.05, 0) is 18.6 Å². The predicted molar refractivity (Wildman–Crippen MR) is 72.8 cm³/mol. The summed E-state index contributed by atoms with van der Waals surface area (Å²) >= 11 is 10.7. The fraction of sp³-hybridized carbons (Fsp3) is 0.300. The van der Waals surface area contributed by atoms with Gasteiger partial charge in [-0.1, -0.05) is 36.8 Å². The van der Waals surface area contributed by atoms with E-state index in [0.29, 0.717) is 18.5 Å². The summed E-state index contributed by atoms with van der Waals surface area (Å²) < 4.78 is 26.2. The molecule has 17 heavy (non-hydrogen) atoms. The van der Waals surface area contributed by atoms with Gasteiger partial charge in [0.1, 0.15) is 9.88 Å². The minimum Gasteiger partial charge on any atom is -0.389 e. The van der Waals surface area contributed by atoms with Crippen LogP contribution in [0.2, 0.25) is 5.02 Å². The summed E-state index contributed by atoms with van der Waals surface area (Å²) in [5.41, 5.74) is 5.92. The molecule has 0 bridgehead atoms. The van der Waals surface area contributed by atoms with Crippen molar-refractivity contribution < 1.29 is 8.42 Å². The van der Waals surface area contributed by atoms with E-state index in [1.165, 1.54) is 12.1 Å². The van der Waals surface area contributed by atoms with Crippen molar-refractivity contribution >= 4 is 38.8 Å². The third kappa shape index (κ3) is 3.64. The Kier molecular flexibility index (Phi) is 4.88. The van der Waals surface area contributed by atoms with E-state index in [4.69, 9.17) is 29.6 Å². The minimum absolute atomic E-state index is 0.00193. The largest absolute Gasteiger partial charge is 0.389 e. The zero-order chi connectivity index (χ0) is 13.1. The Balaban J connectivity index is 3.20. The van der Waals surface area contributed by atoms with Crippen LogP contribution in [0.15, 0.2) is 23.1 Å². The molecule has 0 saturated carbocycles. The van der Waals surface area contributed by atoms with Gasteiger partial charge in [0.25, 0.3) is 0 Å². The van der Waals surface area contributed by atoms with Crippen molar-refractivity contribution in [1.82, 2.24) is 4.72 Å². The van der Waals surface area contributed by atoms with Crippen LogP contribution in [0.5, 0.6) is 0 Å². The standard InChI is InChI=1S/C10H13ClN2O2S2/c1-2-5-13-17(14,15)9-6-7(10(12)16)3-4-8(9)11/h3-4,6,13H,2,5H2,1H3,(H2,12,16). The maximum absolute atomic E-state index is 11.9. The van der Waals surface area contributed by atoms with Crippen LogP contribution in [-0.4, -0.2) is 20.0 Å². The second kappa shape index (κ2) is 5.77. The first kappa shape index (κ1) is 14.4. The van der Waals surface area contributed by atoms with Crippen molar-refractivity contribution in [2.45, 2.75) is 18.2 Å². The van der Waals surface area contributed by atoms with Gasteiger partial charge in [0.15, 0.2) is 0 Å². The van der Waals surface area contributed by atoms with Crippen LogP contribution in [0.4, 0.5) is 0 Å². The molecule has 1 aromatic rings. The minimum atomic E-state index is -3.61. The Bertz CT molecular complexity index is 529. The molecule has 0 aliphatic heterocycles. The number of hydrogen-bond donors (Lipinski definition) is 2. The van der Waals surface area contributed by atoms with Gasteiger partial charge in [-0.15, -0.1) is 0 Å². The Labute approximate surface area is 111 Å². The summed E-state index contributed by atoms with van der Waals surface area (Å²) in [6, 6.07) is 4.43. The van der Waals surface area contributed by atoms with Gasteiger partial charge in [-0.3, -0.25) is 0 Å². The number of hydrogen-bond acceptors (Lipinski definition) is 3. The molecule has 1 aromatic carbocycles. The van der Waals surface area contributed by atoms with Gasteiger partial charge in [-0.25, -0.2) is 13.1 Å². The SMILES string of the molecule is CCCNS(=O)(=O)c1cc(C(N)=S)ccc1Cl. The second-order valence-electron chi connectivity index (χ2n) is 3.41. The fourth-order valence-corrected chi connectivity index (χ4v) is 2.96. The van der Waals surface area contributed by atoms with Crippen molar-refractivity contribution in [3.8, 4) is 0 Å². The topological polar surface area (TPSA) is 72.2 Å². The molecule has 0 unspecified atom stereocenters. The molecule has 0 fully saturated rings. The number of halogens is 1. The Morgan fingerprint density at radius 1 is 1.53 bits per heavy atom. The highest BCUT2D eigenvalue weighted by molar-refractivity contribution is 7.89. The zero-order valence-electron chi connectivity index (χ0n) is 9.23. The number of nitrogens with one attached hydrogen (secondary N) is 1. The van der Waals surface area contributed by atoms with Crippen LogP contribution in [0.1, 0.15) is 18.9 Å². The third-order valence-electron chi connectivity index (χ3n) is 2.05. The Hall–Kier alpha value is -0.690. The first-order valence-electron chi connectivity index (χ1n) is 4.97. The quantitative estimate of drug-likeness (QED) is 0.810. The summed E-state index contributed by atoms with van der Waals surface area (Å²) in [4.78, 5) is 0.131. The number of sulfonamides is 1. The molecule has 0 radical (unpaired) electrons. The van der Waals surface area contributed by atoms with Gasteiger partial charge < -0.3 is 5.73 Å². The van der Waals surface area contributed by atoms with Gasteiger partial charge in [0.2, 0.25) is 10.0 Å². The first-order chi connectivity index (χ1) is 7.88. The lowest BCUT2D eigenvalue weighted by molar-refractivity contribution is 0.581. The molecule has 0 saturated heterocycles. The first-order valence-corrected chi connectivity index (χ1v) is 7.24. The van der Waals surface area contributed by atoms with Crippen LogP contribution in [-0.2, 0) is 10.0 Å². The van der Waals surface area contributed by atoms with E-state index < -0.39 is 10.0 Å². The van der Waals surface area contributed by atoms with Crippen molar-refractivity contribution in [3.63, 3.8) is 0 Å². The van der Waals surface area contributed by atoms with Crippen LogP contribution in [0.25, 0.3) is 0 Å². The summed E-state index contributed by atoms with van der Waals surface area (Å²) in [7, 11) is -3.61. The zero-order valence-corrected chi connectivity index (χ0v) is 11.6.